The van der Waals surface area contributed by atoms with Crippen LogP contribution in [0.5, 0.6) is 0 Å². The zero-order valence-electron chi connectivity index (χ0n) is 15.6. The van der Waals surface area contributed by atoms with Gasteiger partial charge in [0.15, 0.2) is 0 Å². The number of benzene rings is 1. The Kier molecular flexibility index (Phi) is 7.33. The van der Waals surface area contributed by atoms with Gasteiger partial charge in [0.1, 0.15) is 16.3 Å². The number of ether oxygens (including phenoxy) is 2. The molecule has 2 aromatic rings. The molecule has 0 aliphatic carbocycles. The number of carbonyl (C=O) groups is 2. The molecule has 30 heavy (non-hydrogen) atoms. The van der Waals surface area contributed by atoms with Crippen LogP contribution in [0.25, 0.3) is 10.4 Å². The molecule has 0 fully saturated rings. The van der Waals surface area contributed by atoms with Crippen LogP contribution < -0.4 is 0 Å². The number of allylic oxidation sites excluding steroid dienone is 1. The van der Waals surface area contributed by atoms with Crippen LogP contribution in [0, 0.1) is 5.82 Å². The predicted octanol–water partition coefficient (Wildman–Crippen LogP) is 4.98. The van der Waals surface area contributed by atoms with Gasteiger partial charge in [-0.25, -0.2) is 14.0 Å². The van der Waals surface area contributed by atoms with Gasteiger partial charge in [0.05, 0.1) is 19.4 Å². The van der Waals surface area contributed by atoms with Crippen molar-refractivity contribution in [3.63, 3.8) is 0 Å². The van der Waals surface area contributed by atoms with E-state index in [1.807, 2.05) is 0 Å². The van der Waals surface area contributed by atoms with Crippen LogP contribution in [0.3, 0.4) is 0 Å². The molecule has 1 aromatic heterocycles. The van der Waals surface area contributed by atoms with Crippen LogP contribution in [-0.2, 0) is 14.3 Å². The third-order valence-electron chi connectivity index (χ3n) is 3.56. The van der Waals surface area contributed by atoms with Crippen LogP contribution in [0.1, 0.15) is 16.6 Å². The number of nitrogens with zero attached hydrogens (tertiary/aromatic N) is 1. The number of hydrogen-bond donors (Lipinski definition) is 1. The Bertz CT molecular complexity index is 993. The maximum atomic E-state index is 13.1. The first kappa shape index (κ1) is 23.1. The SMILES string of the molecule is CCOC(=O)/C(C=Nc1cc(-c2ccc(F)cc2)sc1C(=O)OC)=C(\O)C(F)(F)F. The molecule has 1 N–H and O–H groups in total. The summed E-state index contributed by atoms with van der Waals surface area (Å²) < 4.78 is 60.9. The van der Waals surface area contributed by atoms with Gasteiger partial charge in [-0.15, -0.1) is 11.3 Å². The van der Waals surface area contributed by atoms with Gasteiger partial charge in [0, 0.05) is 11.1 Å². The van der Waals surface area contributed by atoms with Gasteiger partial charge in [-0.1, -0.05) is 12.1 Å². The summed E-state index contributed by atoms with van der Waals surface area (Å²) in [5.41, 5.74) is -0.815. The fourth-order valence-corrected chi connectivity index (χ4v) is 3.21. The summed E-state index contributed by atoms with van der Waals surface area (Å²) in [5.74, 6) is -4.92. The lowest BCUT2D eigenvalue weighted by atomic mass is 10.2. The number of carbonyl (C=O) groups excluding carboxylic acids is 2. The Hall–Kier alpha value is -3.21. The highest BCUT2D eigenvalue weighted by Crippen LogP contribution is 2.37. The Balaban J connectivity index is 2.55. The van der Waals surface area contributed by atoms with Crippen LogP contribution in [-0.4, -0.2) is 43.2 Å². The Morgan fingerprint density at radius 2 is 1.87 bits per heavy atom. The number of thiophene rings is 1. The van der Waals surface area contributed by atoms with E-state index in [2.05, 4.69) is 14.5 Å². The van der Waals surface area contributed by atoms with Crippen molar-refractivity contribution in [3.8, 4) is 10.4 Å². The maximum Gasteiger partial charge on any atom is 0.449 e. The molecule has 0 radical (unpaired) electrons. The third-order valence-corrected chi connectivity index (χ3v) is 4.72. The Labute approximate surface area is 172 Å². The number of rotatable bonds is 6. The van der Waals surface area contributed by atoms with Crippen molar-refractivity contribution in [2.75, 3.05) is 13.7 Å². The van der Waals surface area contributed by atoms with E-state index in [4.69, 9.17) is 0 Å². The highest BCUT2D eigenvalue weighted by molar-refractivity contribution is 7.18. The van der Waals surface area contributed by atoms with E-state index in [1.54, 1.807) is 0 Å². The smallest absolute Gasteiger partial charge is 0.449 e. The van der Waals surface area contributed by atoms with E-state index in [9.17, 15) is 32.3 Å². The second-order valence-electron chi connectivity index (χ2n) is 5.56. The molecule has 11 heteroatoms. The number of aliphatic hydroxyl groups excluding tert-OH is 1. The molecule has 0 saturated carbocycles. The molecule has 6 nitrogen and oxygen atoms in total. The number of aliphatic imine (C=N–C) groups is 1. The number of aliphatic hydroxyl groups is 1. The van der Waals surface area contributed by atoms with E-state index in [0.29, 0.717) is 16.7 Å². The lowest BCUT2D eigenvalue weighted by Crippen LogP contribution is -2.20. The van der Waals surface area contributed by atoms with E-state index in [-0.39, 0.29) is 17.2 Å². The van der Waals surface area contributed by atoms with Gasteiger partial charge in [0.2, 0.25) is 5.76 Å². The second kappa shape index (κ2) is 9.53. The van der Waals surface area contributed by atoms with E-state index >= 15 is 0 Å². The first-order valence-corrected chi connectivity index (χ1v) is 9.09. The van der Waals surface area contributed by atoms with Crippen molar-refractivity contribution in [2.24, 2.45) is 4.99 Å². The lowest BCUT2D eigenvalue weighted by Gasteiger charge is -2.09. The molecule has 0 amide bonds. The fraction of sp³-hybridized carbons (Fsp3) is 0.211. The second-order valence-corrected chi connectivity index (χ2v) is 6.61. The van der Waals surface area contributed by atoms with Gasteiger partial charge in [-0.05, 0) is 30.7 Å². The third kappa shape index (κ3) is 5.44. The first-order chi connectivity index (χ1) is 14.1. The van der Waals surface area contributed by atoms with Gasteiger partial charge in [-0.3, -0.25) is 4.99 Å². The van der Waals surface area contributed by atoms with E-state index in [1.165, 1.54) is 37.3 Å². The predicted molar refractivity (Wildman–Crippen MR) is 102 cm³/mol. The van der Waals surface area contributed by atoms with Gasteiger partial charge >= 0.3 is 18.1 Å². The zero-order chi connectivity index (χ0) is 22.5. The van der Waals surface area contributed by atoms with Gasteiger partial charge < -0.3 is 14.6 Å². The van der Waals surface area contributed by atoms with Crippen molar-refractivity contribution < 1.29 is 41.7 Å². The van der Waals surface area contributed by atoms with Gasteiger partial charge in [-0.2, -0.15) is 13.2 Å². The molecule has 0 spiro atoms. The highest BCUT2D eigenvalue weighted by atomic mass is 32.1. The number of alkyl halides is 3. The first-order valence-electron chi connectivity index (χ1n) is 8.28. The van der Waals surface area contributed by atoms with Crippen LogP contribution in [0.2, 0.25) is 0 Å². The molecule has 160 valence electrons. The standard InChI is InChI=1S/C19H15F4NO5S/c1-3-29-17(26)12(16(25)19(21,22)23)9-24-13-8-14(30-15(13)18(27)28-2)10-4-6-11(20)7-5-10/h4-9,25H,3H2,1-2H3/b16-12-,24-9?. The lowest BCUT2D eigenvalue weighted by molar-refractivity contribution is -0.141. The number of hydrogen-bond acceptors (Lipinski definition) is 7. The summed E-state index contributed by atoms with van der Waals surface area (Å²) in [6.07, 6.45) is -4.75. The highest BCUT2D eigenvalue weighted by Gasteiger charge is 2.38. The molecule has 1 heterocycles. The summed E-state index contributed by atoms with van der Waals surface area (Å²) in [5, 5.41) is 9.39. The summed E-state index contributed by atoms with van der Waals surface area (Å²) in [6.45, 7) is 1.14. The average molecular weight is 445 g/mol. The maximum absolute atomic E-state index is 13.1. The van der Waals surface area contributed by atoms with Crippen molar-refractivity contribution in [1.82, 2.24) is 0 Å². The average Bonchev–Trinajstić information content (AvgIpc) is 3.11. The van der Waals surface area contributed by atoms with Crippen LogP contribution >= 0.6 is 11.3 Å². The largest absolute Gasteiger partial charge is 0.504 e. The molecule has 0 unspecified atom stereocenters. The minimum atomic E-state index is -5.22. The minimum absolute atomic E-state index is 0.0669. The number of methoxy groups -OCH3 is 1. The van der Waals surface area contributed by atoms with E-state index in [0.717, 1.165) is 18.4 Å². The zero-order valence-corrected chi connectivity index (χ0v) is 16.4. The van der Waals surface area contributed by atoms with Gasteiger partial charge in [0.25, 0.3) is 0 Å². The molecular formula is C19H15F4NO5S. The normalized spacial score (nSPS) is 12.6. The summed E-state index contributed by atoms with van der Waals surface area (Å²) >= 11 is 0.908. The van der Waals surface area contributed by atoms with Crippen molar-refractivity contribution in [3.05, 3.63) is 52.4 Å². The quantitative estimate of drug-likeness (QED) is 0.223. The molecule has 0 atom stereocenters. The molecule has 0 saturated heterocycles. The molecule has 2 rings (SSSR count). The fourth-order valence-electron chi connectivity index (χ4n) is 2.18. The summed E-state index contributed by atoms with van der Waals surface area (Å²) in [6, 6.07) is 6.62. The summed E-state index contributed by atoms with van der Waals surface area (Å²) in [4.78, 5) is 28.0. The molecule has 0 bridgehead atoms. The van der Waals surface area contributed by atoms with Crippen molar-refractivity contribution in [2.45, 2.75) is 13.1 Å². The Morgan fingerprint density at radius 3 is 2.40 bits per heavy atom. The minimum Gasteiger partial charge on any atom is -0.504 e. The van der Waals surface area contributed by atoms with Crippen LogP contribution in [0.4, 0.5) is 23.2 Å². The monoisotopic (exact) mass is 445 g/mol. The van der Waals surface area contributed by atoms with Crippen molar-refractivity contribution in [1.29, 1.82) is 0 Å². The molecule has 0 aliphatic heterocycles. The van der Waals surface area contributed by atoms with Crippen LogP contribution in [0.15, 0.2) is 46.7 Å². The molecular weight excluding hydrogens is 430 g/mol. The number of esters is 2. The topological polar surface area (TPSA) is 85.2 Å². The van der Waals surface area contributed by atoms with Crippen molar-refractivity contribution >= 4 is 35.2 Å². The molecule has 0 aliphatic rings. The molecule has 1 aromatic carbocycles. The summed E-state index contributed by atoms with van der Waals surface area (Å²) in [7, 11) is 1.10. The Morgan fingerprint density at radius 1 is 1.23 bits per heavy atom. The number of halogens is 4. The van der Waals surface area contributed by atoms with E-state index < -0.39 is 35.3 Å².